The molecule has 3 aromatic rings. The number of halogens is 6. The number of pyridine rings is 1. The Kier molecular flexibility index (Phi) is 7.90. The van der Waals surface area contributed by atoms with Crippen molar-refractivity contribution in [1.29, 1.82) is 0 Å². The first-order valence-electron chi connectivity index (χ1n) is 13.0. The highest BCUT2D eigenvalue weighted by atomic mass is 32.1. The average molecular weight is 595 g/mol. The highest BCUT2D eigenvalue weighted by Crippen LogP contribution is 2.43. The van der Waals surface area contributed by atoms with Crippen molar-refractivity contribution in [3.05, 3.63) is 78.0 Å². The average Bonchev–Trinajstić information content (AvgIpc) is 2.94. The predicted octanol–water partition coefficient (Wildman–Crippen LogP) is 7.21. The second kappa shape index (κ2) is 11.1. The number of hydrogen-bond donors (Lipinski definition) is 2. The Morgan fingerprint density at radius 2 is 1.80 bits per heavy atom. The van der Waals surface area contributed by atoms with Crippen LogP contribution in [0.2, 0.25) is 0 Å². The summed E-state index contributed by atoms with van der Waals surface area (Å²) < 4.78 is 86.0. The van der Waals surface area contributed by atoms with E-state index in [0.29, 0.717) is 35.2 Å². The van der Waals surface area contributed by atoms with Gasteiger partial charge >= 0.3 is 12.4 Å². The molecule has 0 saturated carbocycles. The molecule has 41 heavy (non-hydrogen) atoms. The van der Waals surface area contributed by atoms with Gasteiger partial charge in [0, 0.05) is 29.9 Å². The molecule has 3 unspecified atom stereocenters. The van der Waals surface area contributed by atoms with Gasteiger partial charge < -0.3 is 15.4 Å². The Morgan fingerprint density at radius 3 is 2.39 bits per heavy atom. The van der Waals surface area contributed by atoms with Gasteiger partial charge in [-0.3, -0.25) is 9.88 Å². The van der Waals surface area contributed by atoms with Crippen molar-refractivity contribution in [2.75, 3.05) is 25.5 Å². The van der Waals surface area contributed by atoms with Gasteiger partial charge in [-0.2, -0.15) is 26.3 Å². The second-order valence-electron chi connectivity index (χ2n) is 10.4. The summed E-state index contributed by atoms with van der Waals surface area (Å²) in [5.41, 5.74) is -1.71. The van der Waals surface area contributed by atoms with Crippen molar-refractivity contribution in [2.24, 2.45) is 11.8 Å². The quantitative estimate of drug-likeness (QED) is 0.179. The van der Waals surface area contributed by atoms with Crippen molar-refractivity contribution in [3.8, 4) is 5.75 Å². The van der Waals surface area contributed by atoms with Crippen LogP contribution in [0.25, 0.3) is 10.9 Å². The maximum absolute atomic E-state index is 13.4. The SMILES string of the molecule is C=CC1CN2CCC1C[C@@H]2[C@H](NC(=S)Nc1cc(C(F)(F)F)cc(C(F)(F)F)c1)c1ccnc2ccc(OC)cc12. The molecule has 0 radical (unpaired) electrons. The summed E-state index contributed by atoms with van der Waals surface area (Å²) in [4.78, 5) is 6.80. The Balaban J connectivity index is 1.51. The monoisotopic (exact) mass is 594 g/mol. The van der Waals surface area contributed by atoms with Gasteiger partial charge in [-0.25, -0.2) is 0 Å². The van der Waals surface area contributed by atoms with Crippen LogP contribution in [0.5, 0.6) is 5.75 Å². The normalized spacial score (nSPS) is 23.2. The number of ether oxygens (including phenoxy) is 1. The molecular formula is C29H28F6N4OS. The van der Waals surface area contributed by atoms with E-state index in [9.17, 15) is 26.3 Å². The van der Waals surface area contributed by atoms with Crippen LogP contribution in [0.3, 0.4) is 0 Å². The maximum atomic E-state index is 13.4. The third kappa shape index (κ3) is 6.13. The molecule has 0 aliphatic carbocycles. The Hall–Kier alpha value is -3.38. The van der Waals surface area contributed by atoms with Crippen molar-refractivity contribution in [1.82, 2.24) is 15.2 Å². The van der Waals surface area contributed by atoms with Crippen LogP contribution < -0.4 is 15.4 Å². The molecule has 3 aliphatic rings. The number of nitrogens with zero attached hydrogens (tertiary/aromatic N) is 2. The number of nitrogens with one attached hydrogen (secondary N) is 2. The van der Waals surface area contributed by atoms with E-state index in [1.54, 1.807) is 19.4 Å². The number of aromatic nitrogens is 1. The smallest absolute Gasteiger partial charge is 0.416 e. The van der Waals surface area contributed by atoms with Gasteiger partial charge in [0.15, 0.2) is 5.11 Å². The number of benzene rings is 2. The Bertz CT molecular complexity index is 1430. The standard InChI is InChI=1S/C29H28F6N4OS/c1-3-16-15-39-9-7-17(16)10-25(39)26(22-6-8-36-24-5-4-21(40-2)14-23(22)24)38-27(41)37-20-12-18(28(30,31)32)11-19(13-20)29(33,34)35/h3-6,8,11-14,16-17,25-26H,1,7,9-10,15H2,2H3,(H2,37,38,41)/t16?,17?,25-,26-/m1/s1. The molecule has 0 amide bonds. The summed E-state index contributed by atoms with van der Waals surface area (Å²) in [6.07, 6.45) is -4.48. The van der Waals surface area contributed by atoms with Crippen molar-refractivity contribution in [3.63, 3.8) is 0 Å². The molecule has 2 N–H and O–H groups in total. The number of anilines is 1. The molecule has 2 bridgehead atoms. The number of piperidine rings is 3. The first-order chi connectivity index (χ1) is 19.4. The first-order valence-corrected chi connectivity index (χ1v) is 13.4. The lowest BCUT2D eigenvalue weighted by Gasteiger charge is -2.52. The van der Waals surface area contributed by atoms with E-state index in [4.69, 9.17) is 17.0 Å². The van der Waals surface area contributed by atoms with Crippen LogP contribution >= 0.6 is 12.2 Å². The Morgan fingerprint density at radius 1 is 1.10 bits per heavy atom. The zero-order valence-corrected chi connectivity index (χ0v) is 22.8. The summed E-state index contributed by atoms with van der Waals surface area (Å²) >= 11 is 5.50. The van der Waals surface area contributed by atoms with E-state index in [1.165, 1.54) is 0 Å². The van der Waals surface area contributed by atoms with E-state index in [2.05, 4.69) is 27.1 Å². The number of thiocarbonyl (C=S) groups is 1. The summed E-state index contributed by atoms with van der Waals surface area (Å²) in [6.45, 7) is 5.63. The number of hydrogen-bond acceptors (Lipinski definition) is 4. The van der Waals surface area contributed by atoms with Crippen LogP contribution in [0, 0.1) is 11.8 Å². The Labute approximate surface area is 238 Å². The van der Waals surface area contributed by atoms with E-state index in [0.717, 1.165) is 36.9 Å². The van der Waals surface area contributed by atoms with Crippen molar-refractivity contribution < 1.29 is 31.1 Å². The van der Waals surface area contributed by atoms with Crippen molar-refractivity contribution >= 4 is 33.9 Å². The summed E-state index contributed by atoms with van der Waals surface area (Å²) in [5, 5.41) is 6.52. The molecule has 1 aromatic heterocycles. The van der Waals surface area contributed by atoms with Crippen LogP contribution in [-0.4, -0.2) is 41.2 Å². The number of methoxy groups -OCH3 is 1. The van der Waals surface area contributed by atoms with Crippen LogP contribution in [0.1, 0.15) is 35.6 Å². The van der Waals surface area contributed by atoms with Gasteiger partial charge in [-0.15, -0.1) is 6.58 Å². The molecule has 12 heteroatoms. The van der Waals surface area contributed by atoms with Gasteiger partial charge in [-0.1, -0.05) is 6.08 Å². The van der Waals surface area contributed by atoms with E-state index in [1.807, 2.05) is 24.3 Å². The topological polar surface area (TPSA) is 49.4 Å². The molecule has 2 aromatic carbocycles. The first kappa shape index (κ1) is 29.1. The molecule has 0 spiro atoms. The summed E-state index contributed by atoms with van der Waals surface area (Å²) in [5.74, 6) is 1.35. The van der Waals surface area contributed by atoms with Gasteiger partial charge in [0.1, 0.15) is 5.75 Å². The lowest BCUT2D eigenvalue weighted by Crippen LogP contribution is -2.57. The zero-order chi connectivity index (χ0) is 29.5. The molecule has 218 valence electrons. The largest absolute Gasteiger partial charge is 0.497 e. The molecule has 3 fully saturated rings. The minimum absolute atomic E-state index is 0.0475. The van der Waals surface area contributed by atoms with Crippen molar-refractivity contribution in [2.45, 2.75) is 37.3 Å². The van der Waals surface area contributed by atoms with Gasteiger partial charge in [0.25, 0.3) is 0 Å². The second-order valence-corrected chi connectivity index (χ2v) is 10.8. The van der Waals surface area contributed by atoms with Gasteiger partial charge in [0.2, 0.25) is 0 Å². The van der Waals surface area contributed by atoms with Crippen LogP contribution in [-0.2, 0) is 12.4 Å². The van der Waals surface area contributed by atoms with Gasteiger partial charge in [0.05, 0.1) is 29.8 Å². The molecular weight excluding hydrogens is 566 g/mol. The summed E-state index contributed by atoms with van der Waals surface area (Å²) in [7, 11) is 1.55. The van der Waals surface area contributed by atoms with E-state index in [-0.39, 0.29) is 17.2 Å². The van der Waals surface area contributed by atoms with E-state index < -0.39 is 35.2 Å². The lowest BCUT2D eigenvalue weighted by molar-refractivity contribution is -0.143. The zero-order valence-electron chi connectivity index (χ0n) is 22.0. The molecule has 4 heterocycles. The number of alkyl halides is 6. The lowest BCUT2D eigenvalue weighted by atomic mass is 9.73. The molecule has 6 rings (SSSR count). The fourth-order valence-corrected chi connectivity index (χ4v) is 6.23. The fraction of sp³-hybridized carbons (Fsp3) is 0.379. The third-order valence-electron chi connectivity index (χ3n) is 7.99. The highest BCUT2D eigenvalue weighted by molar-refractivity contribution is 7.80. The fourth-order valence-electron chi connectivity index (χ4n) is 5.99. The van der Waals surface area contributed by atoms with Crippen LogP contribution in [0.4, 0.5) is 32.0 Å². The number of rotatable bonds is 6. The third-order valence-corrected chi connectivity index (χ3v) is 8.21. The number of fused-ring (bicyclic) bond motifs is 4. The summed E-state index contributed by atoms with van der Waals surface area (Å²) in [6, 6.07) is 8.15. The minimum atomic E-state index is -4.97. The maximum Gasteiger partial charge on any atom is 0.416 e. The predicted molar refractivity (Wildman–Crippen MR) is 149 cm³/mol. The van der Waals surface area contributed by atoms with Gasteiger partial charge in [-0.05, 0) is 91.5 Å². The molecule has 5 nitrogen and oxygen atoms in total. The van der Waals surface area contributed by atoms with Crippen LogP contribution in [0.15, 0.2) is 61.3 Å². The minimum Gasteiger partial charge on any atom is -0.497 e. The molecule has 3 aliphatic heterocycles. The highest BCUT2D eigenvalue weighted by Gasteiger charge is 2.43. The molecule has 5 atom stereocenters. The molecule has 3 saturated heterocycles. The van der Waals surface area contributed by atoms with E-state index >= 15 is 0 Å².